The second-order valence-corrected chi connectivity index (χ2v) is 9.42. The molecule has 174 valence electrons. The topological polar surface area (TPSA) is 106 Å². The molecule has 0 aromatic carbocycles. The first kappa shape index (κ1) is 21.7. The van der Waals surface area contributed by atoms with Crippen LogP contribution in [0.1, 0.15) is 36.7 Å². The van der Waals surface area contributed by atoms with E-state index in [4.69, 9.17) is 25.8 Å². The maximum Gasteiger partial charge on any atom is 0.417 e. The lowest BCUT2D eigenvalue weighted by atomic mass is 10.1. The Morgan fingerprint density at radius 3 is 2.91 bits per heavy atom. The predicted molar refractivity (Wildman–Crippen MR) is 120 cm³/mol. The summed E-state index contributed by atoms with van der Waals surface area (Å²) in [4.78, 5) is 37.7. The third kappa shape index (κ3) is 4.04. The van der Waals surface area contributed by atoms with Crippen molar-refractivity contribution in [2.45, 2.75) is 39.0 Å². The van der Waals surface area contributed by atoms with Gasteiger partial charge in [-0.15, -0.1) is 0 Å². The summed E-state index contributed by atoms with van der Waals surface area (Å²) in [5, 5.41) is 3.30. The van der Waals surface area contributed by atoms with E-state index in [2.05, 4.69) is 20.2 Å². The number of rotatable bonds is 2. The van der Waals surface area contributed by atoms with Crippen LogP contribution in [0.2, 0.25) is 5.15 Å². The number of morpholine rings is 1. The zero-order valence-corrected chi connectivity index (χ0v) is 19.3. The highest BCUT2D eigenvalue weighted by atomic mass is 35.5. The molecular formula is C22H24ClN5O5. The molecule has 1 atom stereocenters. The third-order valence-corrected chi connectivity index (χ3v) is 5.89. The molecule has 1 fully saturated rings. The Morgan fingerprint density at radius 1 is 1.30 bits per heavy atom. The summed E-state index contributed by atoms with van der Waals surface area (Å²) in [6, 6.07) is 3.92. The van der Waals surface area contributed by atoms with Crippen molar-refractivity contribution in [2.75, 3.05) is 36.6 Å². The van der Waals surface area contributed by atoms with Gasteiger partial charge in [0.15, 0.2) is 0 Å². The molecule has 10 nitrogen and oxygen atoms in total. The molecule has 0 spiro atoms. The van der Waals surface area contributed by atoms with Crippen molar-refractivity contribution in [3.8, 4) is 5.88 Å². The average Bonchev–Trinajstić information content (AvgIpc) is 3.13. The normalized spacial score (nSPS) is 19.4. The van der Waals surface area contributed by atoms with Gasteiger partial charge in [0.25, 0.3) is 5.91 Å². The second-order valence-electron chi connectivity index (χ2n) is 9.07. The molecule has 5 rings (SSSR count). The van der Waals surface area contributed by atoms with Crippen LogP contribution in [0.4, 0.5) is 22.0 Å². The molecule has 2 amide bonds. The van der Waals surface area contributed by atoms with Crippen molar-refractivity contribution in [3.63, 3.8) is 0 Å². The van der Waals surface area contributed by atoms with E-state index >= 15 is 0 Å². The van der Waals surface area contributed by atoms with Crippen LogP contribution in [0.3, 0.4) is 0 Å². The van der Waals surface area contributed by atoms with E-state index in [1.54, 1.807) is 20.8 Å². The van der Waals surface area contributed by atoms with Gasteiger partial charge in [-0.3, -0.25) is 4.79 Å². The zero-order valence-electron chi connectivity index (χ0n) is 18.6. The summed E-state index contributed by atoms with van der Waals surface area (Å²) in [6.45, 7) is 7.76. The fourth-order valence-electron chi connectivity index (χ4n) is 4.09. The fraction of sp³-hybridized carbons (Fsp3) is 0.455. The molecule has 3 aliphatic heterocycles. The van der Waals surface area contributed by atoms with Gasteiger partial charge in [-0.05, 0) is 32.9 Å². The number of anilines is 3. The summed E-state index contributed by atoms with van der Waals surface area (Å²) in [6.07, 6.45) is 0.726. The molecule has 1 N–H and O–H groups in total. The number of hydrogen-bond donors (Lipinski definition) is 1. The van der Waals surface area contributed by atoms with Crippen molar-refractivity contribution in [1.29, 1.82) is 0 Å². The van der Waals surface area contributed by atoms with Gasteiger partial charge in [-0.25, -0.2) is 14.7 Å². The molecule has 33 heavy (non-hydrogen) atoms. The van der Waals surface area contributed by atoms with Crippen LogP contribution < -0.4 is 15.0 Å². The van der Waals surface area contributed by atoms with Gasteiger partial charge in [0.1, 0.15) is 28.9 Å². The van der Waals surface area contributed by atoms with Crippen molar-refractivity contribution in [1.82, 2.24) is 14.9 Å². The Balaban J connectivity index is 1.41. The first-order chi connectivity index (χ1) is 15.7. The first-order valence-corrected chi connectivity index (χ1v) is 11.1. The number of amides is 2. The van der Waals surface area contributed by atoms with E-state index in [0.29, 0.717) is 42.8 Å². The van der Waals surface area contributed by atoms with Crippen LogP contribution in [0, 0.1) is 0 Å². The number of nitrogens with one attached hydrogen (secondary N) is 1. The maximum absolute atomic E-state index is 13.1. The van der Waals surface area contributed by atoms with Gasteiger partial charge in [0.2, 0.25) is 5.88 Å². The van der Waals surface area contributed by atoms with Crippen LogP contribution in [0.15, 0.2) is 18.3 Å². The number of carbonyl (C=O) groups is 2. The molecule has 11 heteroatoms. The monoisotopic (exact) mass is 473 g/mol. The Kier molecular flexibility index (Phi) is 5.29. The molecule has 0 radical (unpaired) electrons. The molecule has 2 aromatic heterocycles. The van der Waals surface area contributed by atoms with Crippen molar-refractivity contribution in [3.05, 3.63) is 34.6 Å². The number of carbonyl (C=O) groups excluding carboxylic acids is 2. The number of aromatic nitrogens is 2. The largest absolute Gasteiger partial charge is 0.474 e. The van der Waals surface area contributed by atoms with E-state index in [9.17, 15) is 9.59 Å². The highest BCUT2D eigenvalue weighted by Crippen LogP contribution is 2.37. The van der Waals surface area contributed by atoms with Gasteiger partial charge in [-0.1, -0.05) is 11.6 Å². The molecular weight excluding hydrogens is 450 g/mol. The van der Waals surface area contributed by atoms with Gasteiger partial charge in [-0.2, -0.15) is 4.98 Å². The smallest absolute Gasteiger partial charge is 0.417 e. The number of hydrogen-bond acceptors (Lipinski definition) is 9. The van der Waals surface area contributed by atoms with Gasteiger partial charge >= 0.3 is 6.09 Å². The summed E-state index contributed by atoms with van der Waals surface area (Å²) in [5.41, 5.74) is 1.31. The minimum Gasteiger partial charge on any atom is -0.474 e. The Morgan fingerprint density at radius 2 is 2.12 bits per heavy atom. The van der Waals surface area contributed by atoms with Crippen LogP contribution >= 0.6 is 11.6 Å². The highest BCUT2D eigenvalue weighted by molar-refractivity contribution is 6.31. The summed E-state index contributed by atoms with van der Waals surface area (Å²) >= 11 is 6.25. The summed E-state index contributed by atoms with van der Waals surface area (Å²) in [5.74, 6) is 0.491. The lowest BCUT2D eigenvalue weighted by Gasteiger charge is -2.40. The number of pyridine rings is 2. The predicted octanol–water partition coefficient (Wildman–Crippen LogP) is 3.36. The number of halogens is 1. The minimum atomic E-state index is -0.734. The molecule has 0 unspecified atom stereocenters. The number of fused-ring (bicyclic) bond motifs is 4. The SMILES string of the molecule is CC(C)(C)OC(=O)N1Cc2c(Cl)ncc(Nc3ccc4c(n3)OC[C@@H]3COCCN43)c2C1=O. The van der Waals surface area contributed by atoms with Crippen LogP contribution in [0.25, 0.3) is 0 Å². The van der Waals surface area contributed by atoms with Crippen molar-refractivity contribution in [2.24, 2.45) is 0 Å². The van der Waals surface area contributed by atoms with E-state index in [0.717, 1.165) is 17.1 Å². The molecule has 5 heterocycles. The standard InChI is InChI=1S/C22H24ClN5O5/c1-22(2,3)33-21(30)28-9-13-17(20(28)29)14(8-24-18(13)23)25-16-5-4-15-19(26-16)32-11-12-10-31-7-6-27(12)15/h4-5,8,12H,6-7,9-11H2,1-3H3,(H,25,26)/t12-/m0/s1. The van der Waals surface area contributed by atoms with Gasteiger partial charge in [0.05, 0.1) is 43.2 Å². The average molecular weight is 474 g/mol. The van der Waals surface area contributed by atoms with Crippen molar-refractivity contribution >= 4 is 40.8 Å². The lowest BCUT2D eigenvalue weighted by Crippen LogP contribution is -2.51. The highest BCUT2D eigenvalue weighted by Gasteiger charge is 2.39. The minimum absolute atomic E-state index is 0.0103. The van der Waals surface area contributed by atoms with Gasteiger partial charge < -0.3 is 24.4 Å². The van der Waals surface area contributed by atoms with Crippen LogP contribution in [-0.2, 0) is 16.0 Å². The molecule has 0 saturated carbocycles. The Bertz CT molecular complexity index is 1130. The van der Waals surface area contributed by atoms with Gasteiger partial charge in [0, 0.05) is 12.1 Å². The van der Waals surface area contributed by atoms with E-state index in [1.165, 1.54) is 6.20 Å². The molecule has 2 aromatic rings. The third-order valence-electron chi connectivity index (χ3n) is 5.57. The summed E-state index contributed by atoms with van der Waals surface area (Å²) < 4.78 is 16.8. The second kappa shape index (κ2) is 8.03. The number of nitrogens with zero attached hydrogens (tertiary/aromatic N) is 4. The summed E-state index contributed by atoms with van der Waals surface area (Å²) in [7, 11) is 0. The molecule has 0 aliphatic carbocycles. The van der Waals surface area contributed by atoms with E-state index in [1.807, 2.05) is 12.1 Å². The van der Waals surface area contributed by atoms with E-state index in [-0.39, 0.29) is 23.3 Å². The van der Waals surface area contributed by atoms with Crippen LogP contribution in [0.5, 0.6) is 5.88 Å². The lowest BCUT2D eigenvalue weighted by molar-refractivity contribution is 0.0248. The van der Waals surface area contributed by atoms with Crippen molar-refractivity contribution < 1.29 is 23.8 Å². The number of ether oxygens (including phenoxy) is 3. The molecule has 0 bridgehead atoms. The van der Waals surface area contributed by atoms with Crippen LogP contribution in [-0.4, -0.2) is 64.9 Å². The molecule has 3 aliphatic rings. The molecule has 1 saturated heterocycles. The fourth-order valence-corrected chi connectivity index (χ4v) is 4.30. The van der Waals surface area contributed by atoms with E-state index < -0.39 is 17.6 Å². The quantitative estimate of drug-likeness (QED) is 0.657. The zero-order chi connectivity index (χ0) is 23.3. The Labute approximate surface area is 195 Å². The first-order valence-electron chi connectivity index (χ1n) is 10.7. The maximum atomic E-state index is 13.1. The number of imide groups is 1. The Hall–Kier alpha value is -3.11.